The number of hydrogen-bond acceptors (Lipinski definition) is 3. The molecule has 0 amide bonds. The molecule has 0 radical (unpaired) electrons. The zero-order chi connectivity index (χ0) is 16.2. The van der Waals surface area contributed by atoms with E-state index in [4.69, 9.17) is 9.47 Å². The summed E-state index contributed by atoms with van der Waals surface area (Å²) >= 11 is 0. The highest BCUT2D eigenvalue weighted by Crippen LogP contribution is 2.27. The highest BCUT2D eigenvalue weighted by molar-refractivity contribution is 5.43. The Morgan fingerprint density at radius 3 is 1.82 bits per heavy atom. The zero-order valence-corrected chi connectivity index (χ0v) is 14.5. The van der Waals surface area contributed by atoms with Crippen LogP contribution in [0.5, 0.6) is 5.75 Å². The quantitative estimate of drug-likeness (QED) is 0.554. The van der Waals surface area contributed by atoms with Crippen LogP contribution in [0.1, 0.15) is 68.6 Å². The monoisotopic (exact) mass is 308 g/mol. The minimum atomic E-state index is 0.312. The Hall–Kier alpha value is -1.06. The van der Waals surface area contributed by atoms with Gasteiger partial charge in [-0.05, 0) is 30.5 Å². The van der Waals surface area contributed by atoms with Gasteiger partial charge in [0.05, 0.1) is 13.2 Å². The summed E-state index contributed by atoms with van der Waals surface area (Å²) in [5, 5.41) is 10.2. The zero-order valence-electron chi connectivity index (χ0n) is 14.5. The van der Waals surface area contributed by atoms with Gasteiger partial charge in [0.15, 0.2) is 0 Å². The van der Waals surface area contributed by atoms with Crippen molar-refractivity contribution in [2.24, 2.45) is 0 Å². The van der Waals surface area contributed by atoms with Crippen molar-refractivity contribution >= 4 is 0 Å². The fraction of sp³-hybridized carbons (Fsp3) is 0.684. The first-order valence-electron chi connectivity index (χ1n) is 8.54. The number of benzene rings is 1. The van der Waals surface area contributed by atoms with Crippen LogP contribution in [0.4, 0.5) is 0 Å². The molecule has 126 valence electrons. The number of aryl methyl sites for hydroxylation is 1. The normalized spacial score (nSPS) is 11.0. The molecule has 1 aromatic carbocycles. The van der Waals surface area contributed by atoms with Crippen LogP contribution in [0, 0.1) is 0 Å². The van der Waals surface area contributed by atoms with Crippen molar-refractivity contribution in [3.63, 3.8) is 0 Å². The molecule has 0 spiro atoms. The van der Waals surface area contributed by atoms with E-state index in [-0.39, 0.29) is 0 Å². The number of methoxy groups -OCH3 is 2. The Bertz CT molecular complexity index is 388. The molecular formula is C19H32O3. The number of phenolic OH excluding ortho intramolecular Hbond substituents is 1. The van der Waals surface area contributed by atoms with Crippen LogP contribution in [0.3, 0.4) is 0 Å². The van der Waals surface area contributed by atoms with Crippen molar-refractivity contribution in [2.45, 2.75) is 71.5 Å². The van der Waals surface area contributed by atoms with Gasteiger partial charge in [0.1, 0.15) is 5.75 Å². The summed E-state index contributed by atoms with van der Waals surface area (Å²) in [7, 11) is 3.30. The van der Waals surface area contributed by atoms with Gasteiger partial charge in [0, 0.05) is 25.3 Å². The van der Waals surface area contributed by atoms with Gasteiger partial charge in [-0.25, -0.2) is 0 Å². The molecule has 22 heavy (non-hydrogen) atoms. The molecular weight excluding hydrogens is 276 g/mol. The third-order valence-electron chi connectivity index (χ3n) is 4.00. The van der Waals surface area contributed by atoms with Crippen LogP contribution in [0.25, 0.3) is 0 Å². The summed E-state index contributed by atoms with van der Waals surface area (Å²) in [5.74, 6) is 0.312. The lowest BCUT2D eigenvalue weighted by Gasteiger charge is -2.12. The number of unbranched alkanes of at least 4 members (excludes halogenated alkanes) is 6. The molecule has 0 aliphatic rings. The summed E-state index contributed by atoms with van der Waals surface area (Å²) in [4.78, 5) is 0. The molecule has 3 heteroatoms. The second kappa shape index (κ2) is 11.5. The van der Waals surface area contributed by atoms with E-state index in [2.05, 4.69) is 19.1 Å². The molecule has 0 atom stereocenters. The fourth-order valence-corrected chi connectivity index (χ4v) is 2.79. The van der Waals surface area contributed by atoms with Gasteiger partial charge in [0.25, 0.3) is 0 Å². The molecule has 1 aromatic rings. The lowest BCUT2D eigenvalue weighted by atomic mass is 9.99. The Morgan fingerprint density at radius 2 is 1.32 bits per heavy atom. The molecule has 0 saturated carbocycles. The maximum absolute atomic E-state index is 10.2. The predicted octanol–water partition coefficient (Wildman–Crippen LogP) is 4.98. The van der Waals surface area contributed by atoms with E-state index in [0.717, 1.165) is 17.5 Å². The number of rotatable bonds is 12. The molecule has 1 rings (SSSR count). The first kappa shape index (κ1) is 19.0. The van der Waals surface area contributed by atoms with E-state index in [9.17, 15) is 5.11 Å². The van der Waals surface area contributed by atoms with Gasteiger partial charge in [-0.1, -0.05) is 45.4 Å². The van der Waals surface area contributed by atoms with Crippen LogP contribution in [0.2, 0.25) is 0 Å². The predicted molar refractivity (Wildman–Crippen MR) is 91.2 cm³/mol. The Labute approximate surface area is 135 Å². The van der Waals surface area contributed by atoms with Crippen molar-refractivity contribution < 1.29 is 14.6 Å². The highest BCUT2D eigenvalue weighted by Gasteiger charge is 2.10. The lowest BCUT2D eigenvalue weighted by Crippen LogP contribution is -1.98. The van der Waals surface area contributed by atoms with E-state index in [0.29, 0.717) is 19.0 Å². The summed E-state index contributed by atoms with van der Waals surface area (Å²) in [6, 6.07) is 4.13. The minimum Gasteiger partial charge on any atom is -0.507 e. The maximum Gasteiger partial charge on any atom is 0.126 e. The van der Waals surface area contributed by atoms with Crippen molar-refractivity contribution in [1.29, 1.82) is 0 Å². The average Bonchev–Trinajstić information content (AvgIpc) is 2.51. The van der Waals surface area contributed by atoms with E-state index in [1.54, 1.807) is 14.2 Å². The summed E-state index contributed by atoms with van der Waals surface area (Å²) in [6.07, 6.45) is 10.3. The summed E-state index contributed by atoms with van der Waals surface area (Å²) < 4.78 is 10.4. The molecule has 0 aromatic heterocycles. The van der Waals surface area contributed by atoms with E-state index >= 15 is 0 Å². The Morgan fingerprint density at radius 1 is 0.818 bits per heavy atom. The maximum atomic E-state index is 10.2. The van der Waals surface area contributed by atoms with Gasteiger partial charge in [-0.15, -0.1) is 0 Å². The third-order valence-corrected chi connectivity index (χ3v) is 4.00. The first-order chi connectivity index (χ1) is 10.7. The standard InChI is InChI=1S/C19H32O3/c1-4-5-6-7-8-9-10-11-16-12-17(14-21-2)19(20)18(13-16)15-22-3/h12-13,20H,4-11,14-15H2,1-3H3. The lowest BCUT2D eigenvalue weighted by molar-refractivity contribution is 0.174. The van der Waals surface area contributed by atoms with Gasteiger partial charge < -0.3 is 14.6 Å². The largest absolute Gasteiger partial charge is 0.507 e. The van der Waals surface area contributed by atoms with E-state index in [1.165, 1.54) is 50.5 Å². The molecule has 0 heterocycles. The Balaban J connectivity index is 2.51. The topological polar surface area (TPSA) is 38.7 Å². The third kappa shape index (κ3) is 6.80. The summed E-state index contributed by atoms with van der Waals surface area (Å²) in [5.41, 5.74) is 2.98. The van der Waals surface area contributed by atoms with Crippen LogP contribution in [-0.2, 0) is 29.1 Å². The second-order valence-corrected chi connectivity index (χ2v) is 6.00. The molecule has 0 bridgehead atoms. The Kier molecular flexibility index (Phi) is 9.93. The van der Waals surface area contributed by atoms with Crippen LogP contribution in [0.15, 0.2) is 12.1 Å². The van der Waals surface area contributed by atoms with Gasteiger partial charge >= 0.3 is 0 Å². The number of phenols is 1. The number of aromatic hydroxyl groups is 1. The fourth-order valence-electron chi connectivity index (χ4n) is 2.79. The second-order valence-electron chi connectivity index (χ2n) is 6.00. The van der Waals surface area contributed by atoms with Gasteiger partial charge in [-0.2, -0.15) is 0 Å². The molecule has 1 N–H and O–H groups in total. The van der Waals surface area contributed by atoms with Crippen molar-refractivity contribution in [1.82, 2.24) is 0 Å². The van der Waals surface area contributed by atoms with Crippen LogP contribution in [-0.4, -0.2) is 19.3 Å². The van der Waals surface area contributed by atoms with Crippen molar-refractivity contribution in [3.8, 4) is 5.75 Å². The number of hydrogen-bond donors (Lipinski definition) is 1. The van der Waals surface area contributed by atoms with Crippen molar-refractivity contribution in [3.05, 3.63) is 28.8 Å². The molecule has 0 aliphatic carbocycles. The smallest absolute Gasteiger partial charge is 0.126 e. The van der Waals surface area contributed by atoms with Crippen molar-refractivity contribution in [2.75, 3.05) is 14.2 Å². The highest BCUT2D eigenvalue weighted by atomic mass is 16.5. The first-order valence-corrected chi connectivity index (χ1v) is 8.54. The van der Waals surface area contributed by atoms with E-state index < -0.39 is 0 Å². The number of ether oxygens (including phenoxy) is 2. The summed E-state index contributed by atoms with van der Waals surface area (Å²) in [6.45, 7) is 3.13. The molecule has 0 unspecified atom stereocenters. The average molecular weight is 308 g/mol. The van der Waals surface area contributed by atoms with E-state index in [1.807, 2.05) is 0 Å². The van der Waals surface area contributed by atoms with Crippen LogP contribution < -0.4 is 0 Å². The molecule has 0 aliphatic heterocycles. The molecule has 0 fully saturated rings. The minimum absolute atomic E-state index is 0.312. The van der Waals surface area contributed by atoms with Crippen LogP contribution >= 0.6 is 0 Å². The van der Waals surface area contributed by atoms with Gasteiger partial charge in [-0.3, -0.25) is 0 Å². The molecule has 3 nitrogen and oxygen atoms in total. The SMILES string of the molecule is CCCCCCCCCc1cc(COC)c(O)c(COC)c1. The van der Waals surface area contributed by atoms with Gasteiger partial charge in [0.2, 0.25) is 0 Å². The molecule has 0 saturated heterocycles.